The molecule has 0 aromatic carbocycles. The summed E-state index contributed by atoms with van der Waals surface area (Å²) in [6.45, 7) is 2.08. The maximum absolute atomic E-state index is 9.09. The second-order valence-electron chi connectivity index (χ2n) is 3.76. The van der Waals surface area contributed by atoms with Gasteiger partial charge in [-0.1, -0.05) is 6.92 Å². The molecule has 0 amide bonds. The highest BCUT2D eigenvalue weighted by Crippen LogP contribution is 2.22. The van der Waals surface area contributed by atoms with Crippen molar-refractivity contribution in [2.45, 2.75) is 13.3 Å². The minimum absolute atomic E-state index is 0.0689. The van der Waals surface area contributed by atoms with Gasteiger partial charge in [-0.2, -0.15) is 0 Å². The highest BCUT2D eigenvalue weighted by atomic mass is 16.3. The van der Waals surface area contributed by atoms with Crippen molar-refractivity contribution in [1.82, 2.24) is 4.98 Å². The zero-order valence-corrected chi connectivity index (χ0v) is 9.76. The molecule has 2 aromatic heterocycles. The zero-order chi connectivity index (χ0) is 12.1. The summed E-state index contributed by atoms with van der Waals surface area (Å²) in [6.07, 6.45) is 6.19. The van der Waals surface area contributed by atoms with Crippen molar-refractivity contribution in [2.24, 2.45) is 0 Å². The topological polar surface area (TPSA) is 46.3 Å². The smallest absolute Gasteiger partial charge is 0.136 e. The average molecular weight is 229 g/mol. The molecular weight excluding hydrogens is 214 g/mol. The molecule has 0 radical (unpaired) electrons. The van der Waals surface area contributed by atoms with Gasteiger partial charge in [0.25, 0.3) is 0 Å². The fraction of sp³-hybridized carbons (Fsp3) is 0.214. The second kappa shape index (κ2) is 5.46. The molecular formula is C14H15NO2. The molecule has 0 saturated carbocycles. The first-order valence-corrected chi connectivity index (χ1v) is 5.64. The predicted molar refractivity (Wildman–Crippen MR) is 67.3 cm³/mol. The maximum atomic E-state index is 9.09. The first-order valence-electron chi connectivity index (χ1n) is 5.64. The van der Waals surface area contributed by atoms with Gasteiger partial charge in [-0.3, -0.25) is 4.98 Å². The van der Waals surface area contributed by atoms with E-state index in [1.54, 1.807) is 12.4 Å². The van der Waals surface area contributed by atoms with Gasteiger partial charge in [0.1, 0.15) is 11.5 Å². The molecule has 0 unspecified atom stereocenters. The summed E-state index contributed by atoms with van der Waals surface area (Å²) >= 11 is 0. The number of nitrogens with zero attached hydrogens (tertiary/aromatic N) is 1. The molecule has 0 saturated heterocycles. The highest BCUT2D eigenvalue weighted by Gasteiger charge is 2.03. The SMILES string of the molecule is CCC(=Cc1ccc(-c2cccnc2)o1)CO. The summed E-state index contributed by atoms with van der Waals surface area (Å²) in [6, 6.07) is 7.63. The first kappa shape index (κ1) is 11.6. The van der Waals surface area contributed by atoms with Gasteiger partial charge in [0.05, 0.1) is 6.61 Å². The molecule has 0 aliphatic heterocycles. The summed E-state index contributed by atoms with van der Waals surface area (Å²) < 4.78 is 5.68. The number of aromatic nitrogens is 1. The Morgan fingerprint density at radius 3 is 2.94 bits per heavy atom. The summed E-state index contributed by atoms with van der Waals surface area (Å²) in [5, 5.41) is 9.09. The van der Waals surface area contributed by atoms with Crippen LogP contribution < -0.4 is 0 Å². The Bertz CT molecular complexity index is 494. The van der Waals surface area contributed by atoms with Crippen LogP contribution in [0.4, 0.5) is 0 Å². The van der Waals surface area contributed by atoms with Gasteiger partial charge < -0.3 is 9.52 Å². The van der Waals surface area contributed by atoms with Gasteiger partial charge in [0.15, 0.2) is 0 Å². The van der Waals surface area contributed by atoms with Crippen molar-refractivity contribution >= 4 is 6.08 Å². The summed E-state index contributed by atoms with van der Waals surface area (Å²) in [5.74, 6) is 1.55. The van der Waals surface area contributed by atoms with Gasteiger partial charge in [-0.15, -0.1) is 0 Å². The van der Waals surface area contributed by atoms with E-state index in [2.05, 4.69) is 4.98 Å². The van der Waals surface area contributed by atoms with Gasteiger partial charge in [-0.25, -0.2) is 0 Å². The molecule has 88 valence electrons. The van der Waals surface area contributed by atoms with E-state index in [-0.39, 0.29) is 6.61 Å². The van der Waals surface area contributed by atoms with Crippen LogP contribution in [0, 0.1) is 0 Å². The molecule has 1 N–H and O–H groups in total. The number of aliphatic hydroxyl groups is 1. The number of hydrogen-bond donors (Lipinski definition) is 1. The van der Waals surface area contributed by atoms with E-state index < -0.39 is 0 Å². The van der Waals surface area contributed by atoms with Gasteiger partial charge in [0, 0.05) is 18.0 Å². The Kier molecular flexibility index (Phi) is 3.73. The van der Waals surface area contributed by atoms with Crippen molar-refractivity contribution in [3.63, 3.8) is 0 Å². The van der Waals surface area contributed by atoms with E-state index in [0.717, 1.165) is 29.1 Å². The van der Waals surface area contributed by atoms with Crippen LogP contribution in [0.5, 0.6) is 0 Å². The van der Waals surface area contributed by atoms with Gasteiger partial charge in [-0.05, 0) is 42.3 Å². The number of rotatable bonds is 4. The minimum atomic E-state index is 0.0689. The molecule has 2 rings (SSSR count). The lowest BCUT2D eigenvalue weighted by Gasteiger charge is -1.97. The normalized spacial score (nSPS) is 11.8. The minimum Gasteiger partial charge on any atom is -0.457 e. The Balaban J connectivity index is 2.25. The molecule has 0 bridgehead atoms. The van der Waals surface area contributed by atoms with Crippen LogP contribution in [0.3, 0.4) is 0 Å². The standard InChI is InChI=1S/C14H15NO2/c1-2-11(10-16)8-13-5-6-14(17-13)12-4-3-7-15-9-12/h3-9,16H,2,10H2,1H3. The lowest BCUT2D eigenvalue weighted by Crippen LogP contribution is -1.86. The first-order chi connectivity index (χ1) is 8.33. The van der Waals surface area contributed by atoms with Crippen LogP contribution in [0.2, 0.25) is 0 Å². The molecule has 3 heteroatoms. The molecule has 17 heavy (non-hydrogen) atoms. The molecule has 0 atom stereocenters. The van der Waals surface area contributed by atoms with Crippen molar-refractivity contribution in [2.75, 3.05) is 6.61 Å². The second-order valence-corrected chi connectivity index (χ2v) is 3.76. The van der Waals surface area contributed by atoms with E-state index >= 15 is 0 Å². The van der Waals surface area contributed by atoms with Crippen LogP contribution in [0.25, 0.3) is 17.4 Å². The molecule has 0 fully saturated rings. The average Bonchev–Trinajstić information content (AvgIpc) is 2.85. The highest BCUT2D eigenvalue weighted by molar-refractivity contribution is 5.59. The van der Waals surface area contributed by atoms with Gasteiger partial charge >= 0.3 is 0 Å². The van der Waals surface area contributed by atoms with Crippen LogP contribution in [-0.2, 0) is 0 Å². The van der Waals surface area contributed by atoms with Gasteiger partial charge in [0.2, 0.25) is 0 Å². The lowest BCUT2D eigenvalue weighted by atomic mass is 10.2. The number of pyridine rings is 1. The predicted octanol–water partition coefficient (Wildman–Crippen LogP) is 3.13. The molecule has 0 aliphatic carbocycles. The number of furan rings is 1. The summed E-state index contributed by atoms with van der Waals surface area (Å²) in [7, 11) is 0. The molecule has 3 nitrogen and oxygen atoms in total. The van der Waals surface area contributed by atoms with E-state index in [4.69, 9.17) is 9.52 Å². The number of hydrogen-bond acceptors (Lipinski definition) is 3. The van der Waals surface area contributed by atoms with Crippen molar-refractivity contribution in [3.05, 3.63) is 48.0 Å². The fourth-order valence-corrected chi connectivity index (χ4v) is 1.55. The Hall–Kier alpha value is -1.87. The quantitative estimate of drug-likeness (QED) is 0.876. The lowest BCUT2D eigenvalue weighted by molar-refractivity contribution is 0.328. The maximum Gasteiger partial charge on any atom is 0.136 e. The van der Waals surface area contributed by atoms with E-state index in [1.165, 1.54) is 0 Å². The molecule has 0 spiro atoms. The van der Waals surface area contributed by atoms with Crippen molar-refractivity contribution < 1.29 is 9.52 Å². The zero-order valence-electron chi connectivity index (χ0n) is 9.76. The fourth-order valence-electron chi connectivity index (χ4n) is 1.55. The van der Waals surface area contributed by atoms with E-state index in [0.29, 0.717) is 0 Å². The summed E-state index contributed by atoms with van der Waals surface area (Å²) in [4.78, 5) is 4.05. The Morgan fingerprint density at radius 2 is 2.29 bits per heavy atom. The van der Waals surface area contributed by atoms with Crippen molar-refractivity contribution in [1.29, 1.82) is 0 Å². The third kappa shape index (κ3) is 2.82. The molecule has 2 heterocycles. The third-order valence-electron chi connectivity index (χ3n) is 2.58. The molecule has 2 aromatic rings. The monoisotopic (exact) mass is 229 g/mol. The van der Waals surface area contributed by atoms with Crippen LogP contribution >= 0.6 is 0 Å². The third-order valence-corrected chi connectivity index (χ3v) is 2.58. The van der Waals surface area contributed by atoms with Crippen LogP contribution in [0.15, 0.2) is 46.6 Å². The van der Waals surface area contributed by atoms with Crippen molar-refractivity contribution in [3.8, 4) is 11.3 Å². The summed E-state index contributed by atoms with van der Waals surface area (Å²) in [5.41, 5.74) is 1.91. The van der Waals surface area contributed by atoms with Crippen LogP contribution in [0.1, 0.15) is 19.1 Å². The largest absolute Gasteiger partial charge is 0.457 e. The molecule has 0 aliphatic rings. The van der Waals surface area contributed by atoms with Crippen LogP contribution in [-0.4, -0.2) is 16.7 Å². The number of aliphatic hydroxyl groups excluding tert-OH is 1. The Labute approximate surface area is 100 Å². The van der Waals surface area contributed by atoms with E-state index in [9.17, 15) is 0 Å². The Morgan fingerprint density at radius 1 is 1.41 bits per heavy atom. The van der Waals surface area contributed by atoms with E-state index in [1.807, 2.05) is 37.3 Å².